The highest BCUT2D eigenvalue weighted by Crippen LogP contribution is 2.19. The fourth-order valence-corrected chi connectivity index (χ4v) is 1.58. The van der Waals surface area contributed by atoms with Crippen LogP contribution in [-0.2, 0) is 4.74 Å². The van der Waals surface area contributed by atoms with Crippen LogP contribution in [0.4, 0.5) is 5.69 Å². The third-order valence-electron chi connectivity index (χ3n) is 2.52. The summed E-state index contributed by atoms with van der Waals surface area (Å²) < 4.78 is 10.4. The summed E-state index contributed by atoms with van der Waals surface area (Å²) in [4.78, 5) is 4.46. The molecule has 0 amide bonds. The van der Waals surface area contributed by atoms with E-state index >= 15 is 0 Å². The Hall–Kier alpha value is -2.29. The minimum Gasteiger partial charge on any atom is -0.497 e. The van der Waals surface area contributed by atoms with Gasteiger partial charge in [-0.2, -0.15) is 0 Å². The molecule has 0 atom stereocenters. The van der Waals surface area contributed by atoms with E-state index in [1.165, 1.54) is 0 Å². The molecule has 0 bridgehead atoms. The molecule has 0 unspecified atom stereocenters. The summed E-state index contributed by atoms with van der Waals surface area (Å²) >= 11 is 0. The van der Waals surface area contributed by atoms with Crippen molar-refractivity contribution in [3.63, 3.8) is 0 Å². The van der Waals surface area contributed by atoms with Crippen LogP contribution >= 0.6 is 0 Å². The molecule has 0 saturated heterocycles. The van der Waals surface area contributed by atoms with Crippen molar-refractivity contribution in [1.29, 1.82) is 0 Å². The number of methoxy groups -OCH3 is 2. The minimum absolute atomic E-state index is 0.598. The van der Waals surface area contributed by atoms with Crippen molar-refractivity contribution in [3.05, 3.63) is 60.2 Å². The highest BCUT2D eigenvalue weighted by Gasteiger charge is 2.02. The molecule has 0 heterocycles. The van der Waals surface area contributed by atoms with Crippen molar-refractivity contribution >= 4 is 11.6 Å². The molecule has 92 valence electrons. The third kappa shape index (κ3) is 2.88. The third-order valence-corrected chi connectivity index (χ3v) is 2.52. The van der Waals surface area contributed by atoms with Crippen LogP contribution in [0.1, 0.15) is 5.56 Å². The van der Waals surface area contributed by atoms with E-state index in [1.807, 2.05) is 54.6 Å². The van der Waals surface area contributed by atoms with Crippen molar-refractivity contribution < 1.29 is 9.47 Å². The summed E-state index contributed by atoms with van der Waals surface area (Å²) in [7, 11) is 3.26. The molecule has 0 aromatic heterocycles. The highest BCUT2D eigenvalue weighted by molar-refractivity contribution is 5.95. The normalized spacial score (nSPS) is 11.1. The van der Waals surface area contributed by atoms with E-state index in [4.69, 9.17) is 9.47 Å². The Kier molecular flexibility index (Phi) is 3.97. The molecule has 0 N–H and O–H groups in total. The zero-order chi connectivity index (χ0) is 12.8. The first-order valence-electron chi connectivity index (χ1n) is 5.65. The molecule has 2 aromatic carbocycles. The second-order valence-corrected chi connectivity index (χ2v) is 3.69. The van der Waals surface area contributed by atoms with E-state index in [1.54, 1.807) is 14.2 Å². The Bertz CT molecular complexity index is 518. The maximum absolute atomic E-state index is 5.32. The van der Waals surface area contributed by atoms with E-state index in [2.05, 4.69) is 4.99 Å². The number of hydrogen-bond acceptors (Lipinski definition) is 3. The van der Waals surface area contributed by atoms with Crippen LogP contribution in [0.3, 0.4) is 0 Å². The van der Waals surface area contributed by atoms with Crippen molar-refractivity contribution in [3.8, 4) is 5.75 Å². The Labute approximate surface area is 107 Å². The molecule has 0 fully saturated rings. The lowest BCUT2D eigenvalue weighted by atomic mass is 10.2. The van der Waals surface area contributed by atoms with Gasteiger partial charge in [0.15, 0.2) is 0 Å². The first kappa shape index (κ1) is 12.2. The number of nitrogens with zero attached hydrogens (tertiary/aromatic N) is 1. The first-order chi connectivity index (χ1) is 8.83. The molecule has 0 spiro atoms. The van der Waals surface area contributed by atoms with Crippen molar-refractivity contribution in [2.75, 3.05) is 14.2 Å². The fourth-order valence-electron chi connectivity index (χ4n) is 1.58. The van der Waals surface area contributed by atoms with Crippen molar-refractivity contribution in [1.82, 2.24) is 0 Å². The molecule has 0 aliphatic rings. The van der Waals surface area contributed by atoms with Crippen LogP contribution in [-0.4, -0.2) is 20.1 Å². The van der Waals surface area contributed by atoms with Crippen LogP contribution in [0.5, 0.6) is 5.75 Å². The van der Waals surface area contributed by atoms with Crippen molar-refractivity contribution in [2.45, 2.75) is 0 Å². The smallest absolute Gasteiger partial charge is 0.220 e. The summed E-state index contributed by atoms with van der Waals surface area (Å²) in [6.45, 7) is 0. The van der Waals surface area contributed by atoms with Gasteiger partial charge in [-0.1, -0.05) is 18.2 Å². The van der Waals surface area contributed by atoms with Crippen LogP contribution in [0.2, 0.25) is 0 Å². The summed E-state index contributed by atoms with van der Waals surface area (Å²) in [5.41, 5.74) is 1.78. The van der Waals surface area contributed by atoms with E-state index in [0.29, 0.717) is 5.90 Å². The molecule has 18 heavy (non-hydrogen) atoms. The van der Waals surface area contributed by atoms with Gasteiger partial charge in [0.25, 0.3) is 0 Å². The van der Waals surface area contributed by atoms with Gasteiger partial charge in [0.2, 0.25) is 5.90 Å². The SMILES string of the molecule is COC(=Nc1ccc(OC)cc1)c1ccccc1. The number of hydrogen-bond donors (Lipinski definition) is 0. The molecule has 2 rings (SSSR count). The molecule has 3 nitrogen and oxygen atoms in total. The fraction of sp³-hybridized carbons (Fsp3) is 0.133. The minimum atomic E-state index is 0.598. The van der Waals surface area contributed by atoms with Gasteiger partial charge in [-0.05, 0) is 36.4 Å². The average molecular weight is 241 g/mol. The van der Waals surface area contributed by atoms with Crippen LogP contribution in [0.15, 0.2) is 59.6 Å². The van der Waals surface area contributed by atoms with E-state index in [9.17, 15) is 0 Å². The molecule has 0 radical (unpaired) electrons. The van der Waals surface area contributed by atoms with E-state index < -0.39 is 0 Å². The second kappa shape index (κ2) is 5.87. The Morgan fingerprint density at radius 2 is 1.56 bits per heavy atom. The summed E-state index contributed by atoms with van der Waals surface area (Å²) in [6, 6.07) is 17.3. The summed E-state index contributed by atoms with van der Waals surface area (Å²) in [5.74, 6) is 1.41. The zero-order valence-corrected chi connectivity index (χ0v) is 10.5. The van der Waals surface area contributed by atoms with Gasteiger partial charge in [-0.3, -0.25) is 0 Å². The number of aliphatic imine (C=N–C) groups is 1. The quantitative estimate of drug-likeness (QED) is 0.609. The maximum Gasteiger partial charge on any atom is 0.220 e. The Balaban J connectivity index is 2.29. The van der Waals surface area contributed by atoms with Gasteiger partial charge in [0.1, 0.15) is 5.75 Å². The summed E-state index contributed by atoms with van der Waals surface area (Å²) in [6.07, 6.45) is 0. The van der Waals surface area contributed by atoms with Crippen LogP contribution < -0.4 is 4.74 Å². The Morgan fingerprint density at radius 1 is 0.889 bits per heavy atom. The van der Waals surface area contributed by atoms with E-state index in [0.717, 1.165) is 17.0 Å². The number of benzene rings is 2. The molecule has 3 heteroatoms. The second-order valence-electron chi connectivity index (χ2n) is 3.69. The van der Waals surface area contributed by atoms with E-state index in [-0.39, 0.29) is 0 Å². The topological polar surface area (TPSA) is 30.8 Å². The lowest BCUT2D eigenvalue weighted by Crippen LogP contribution is -2.02. The van der Waals surface area contributed by atoms with Gasteiger partial charge in [-0.15, -0.1) is 0 Å². The van der Waals surface area contributed by atoms with Gasteiger partial charge in [0.05, 0.1) is 19.9 Å². The van der Waals surface area contributed by atoms with Crippen molar-refractivity contribution in [2.24, 2.45) is 4.99 Å². The zero-order valence-electron chi connectivity index (χ0n) is 10.5. The van der Waals surface area contributed by atoms with Gasteiger partial charge in [-0.25, -0.2) is 4.99 Å². The molecule has 0 saturated carbocycles. The highest BCUT2D eigenvalue weighted by atomic mass is 16.5. The number of rotatable bonds is 3. The average Bonchev–Trinajstić information content (AvgIpc) is 2.46. The molecule has 2 aromatic rings. The summed E-state index contributed by atoms with van der Waals surface area (Å²) in [5, 5.41) is 0. The molecule has 0 aliphatic heterocycles. The van der Waals surface area contributed by atoms with Gasteiger partial charge < -0.3 is 9.47 Å². The first-order valence-corrected chi connectivity index (χ1v) is 5.65. The lowest BCUT2D eigenvalue weighted by Gasteiger charge is -2.05. The lowest BCUT2D eigenvalue weighted by molar-refractivity contribution is 0.405. The predicted octanol–water partition coefficient (Wildman–Crippen LogP) is 3.42. The standard InChI is InChI=1S/C15H15NO2/c1-17-14-10-8-13(9-11-14)16-15(18-2)12-6-4-3-5-7-12/h3-11H,1-2H3. The Morgan fingerprint density at radius 3 is 2.11 bits per heavy atom. The van der Waals surface area contributed by atoms with Gasteiger partial charge in [0, 0.05) is 5.56 Å². The monoisotopic (exact) mass is 241 g/mol. The molecular weight excluding hydrogens is 226 g/mol. The largest absolute Gasteiger partial charge is 0.497 e. The number of ether oxygens (including phenoxy) is 2. The van der Waals surface area contributed by atoms with Gasteiger partial charge >= 0.3 is 0 Å². The van der Waals surface area contributed by atoms with Crippen LogP contribution in [0, 0.1) is 0 Å². The van der Waals surface area contributed by atoms with Crippen LogP contribution in [0.25, 0.3) is 0 Å². The molecule has 0 aliphatic carbocycles. The maximum atomic E-state index is 5.32. The molecular formula is C15H15NO2. The predicted molar refractivity (Wildman–Crippen MR) is 72.6 cm³/mol.